The van der Waals surface area contributed by atoms with Gasteiger partial charge >= 0.3 is 0 Å². The largest absolute Gasteiger partial charge is 0.619 e. The van der Waals surface area contributed by atoms with Crippen LogP contribution in [0.4, 0.5) is 0 Å². The summed E-state index contributed by atoms with van der Waals surface area (Å²) in [6, 6.07) is 0. The molecule has 0 amide bonds. The minimum atomic E-state index is -0.0510. The number of nitrogens with zero attached hydrogens (tertiary/aromatic N) is 1. The summed E-state index contributed by atoms with van der Waals surface area (Å²) < 4.78 is 7.39. The molecule has 1 atom stereocenters. The van der Waals surface area contributed by atoms with Crippen LogP contribution in [-0.4, -0.2) is 7.11 Å². The summed E-state index contributed by atoms with van der Waals surface area (Å²) in [7, 11) is 1.63. The first-order valence-corrected chi connectivity index (χ1v) is 5.25. The molecule has 1 rings (SSSR count). The van der Waals surface area contributed by atoms with Crippen molar-refractivity contribution < 1.29 is 9.47 Å². The second-order valence-corrected chi connectivity index (χ2v) is 4.31. The van der Waals surface area contributed by atoms with Crippen LogP contribution < -0.4 is 4.73 Å². The predicted molar refractivity (Wildman–Crippen MR) is 56.2 cm³/mol. The van der Waals surface area contributed by atoms with Gasteiger partial charge in [-0.3, -0.25) is 0 Å². The molecule has 72 valence electrons. The van der Waals surface area contributed by atoms with Crippen molar-refractivity contribution in [2.24, 2.45) is 0 Å². The van der Waals surface area contributed by atoms with E-state index in [4.69, 9.17) is 4.74 Å². The zero-order chi connectivity index (χ0) is 10.0. The second-order valence-electron chi connectivity index (χ2n) is 2.61. The quantitative estimate of drug-likeness (QED) is 0.622. The van der Waals surface area contributed by atoms with Gasteiger partial charge in [0.25, 0.3) is 0 Å². The summed E-state index contributed by atoms with van der Waals surface area (Å²) in [5, 5.41) is 11.0. The number of halogens is 2. The summed E-state index contributed by atoms with van der Waals surface area (Å²) in [5.74, 6) is 0. The van der Waals surface area contributed by atoms with Gasteiger partial charge in [0.2, 0.25) is 0 Å². The summed E-state index contributed by atoms with van der Waals surface area (Å²) in [6.45, 7) is 1.92. The van der Waals surface area contributed by atoms with Crippen molar-refractivity contribution in [1.29, 1.82) is 0 Å². The number of hydrogen-bond donors (Lipinski definition) is 0. The normalized spacial score (nSPS) is 12.9. The van der Waals surface area contributed by atoms with Gasteiger partial charge in [0, 0.05) is 12.7 Å². The minimum absolute atomic E-state index is 0.0510. The van der Waals surface area contributed by atoms with Gasteiger partial charge in [-0.15, -0.1) is 0 Å². The average molecular weight is 311 g/mol. The smallest absolute Gasteiger partial charge is 0.195 e. The Bertz CT molecular complexity index is 294. The van der Waals surface area contributed by atoms with Gasteiger partial charge in [0.15, 0.2) is 12.4 Å². The van der Waals surface area contributed by atoms with E-state index >= 15 is 0 Å². The summed E-state index contributed by atoms with van der Waals surface area (Å²) in [4.78, 5) is 0. The van der Waals surface area contributed by atoms with Crippen LogP contribution in [0.5, 0.6) is 0 Å². The van der Waals surface area contributed by atoms with Gasteiger partial charge in [0.1, 0.15) is 0 Å². The van der Waals surface area contributed by atoms with Crippen LogP contribution in [-0.2, 0) is 4.74 Å². The van der Waals surface area contributed by atoms with E-state index in [1.807, 2.05) is 6.92 Å². The summed E-state index contributed by atoms with van der Waals surface area (Å²) in [6.07, 6.45) is 2.86. The van der Waals surface area contributed by atoms with Crippen molar-refractivity contribution in [2.75, 3.05) is 7.11 Å². The van der Waals surface area contributed by atoms with Crippen molar-refractivity contribution in [1.82, 2.24) is 0 Å². The summed E-state index contributed by atoms with van der Waals surface area (Å²) >= 11 is 6.62. The molecule has 0 radical (unpaired) electrons. The fraction of sp³-hybridized carbons (Fsp3) is 0.375. The van der Waals surface area contributed by atoms with Gasteiger partial charge < -0.3 is 9.94 Å². The van der Waals surface area contributed by atoms with Crippen LogP contribution in [0.2, 0.25) is 0 Å². The average Bonchev–Trinajstić information content (AvgIpc) is 2.02. The Kier molecular flexibility index (Phi) is 3.70. The third kappa shape index (κ3) is 2.42. The van der Waals surface area contributed by atoms with E-state index < -0.39 is 0 Å². The van der Waals surface area contributed by atoms with Gasteiger partial charge in [-0.05, 0) is 38.8 Å². The lowest BCUT2D eigenvalue weighted by Crippen LogP contribution is -2.25. The predicted octanol–water partition coefficient (Wildman–Crippen LogP) is 2.55. The summed E-state index contributed by atoms with van der Waals surface area (Å²) in [5.41, 5.74) is 0.939. The van der Waals surface area contributed by atoms with Gasteiger partial charge in [-0.25, -0.2) is 0 Å². The van der Waals surface area contributed by atoms with E-state index in [1.54, 1.807) is 7.11 Å². The highest BCUT2D eigenvalue weighted by Gasteiger charge is 2.16. The number of rotatable bonds is 2. The molecule has 13 heavy (non-hydrogen) atoms. The second kappa shape index (κ2) is 4.39. The molecule has 1 aromatic rings. The Hall–Kier alpha value is -0.130. The molecule has 0 aliphatic heterocycles. The molecule has 0 aromatic carbocycles. The molecule has 0 N–H and O–H groups in total. The fourth-order valence-electron chi connectivity index (χ4n) is 1.02. The van der Waals surface area contributed by atoms with E-state index in [0.29, 0.717) is 0 Å². The molecule has 5 heteroatoms. The Morgan fingerprint density at radius 1 is 1.38 bits per heavy atom. The third-order valence-corrected chi connectivity index (χ3v) is 3.02. The van der Waals surface area contributed by atoms with Crippen molar-refractivity contribution in [3.63, 3.8) is 0 Å². The molecule has 0 bridgehead atoms. The third-order valence-electron chi connectivity index (χ3n) is 1.76. The SMILES string of the molecule is COC(C)c1c(Br)c[n+]([O-])cc1Br. The molecule has 3 nitrogen and oxygen atoms in total. The molecule has 0 saturated carbocycles. The molecule has 0 aliphatic carbocycles. The van der Waals surface area contributed by atoms with E-state index in [0.717, 1.165) is 19.2 Å². The number of hydrogen-bond acceptors (Lipinski definition) is 2. The van der Waals surface area contributed by atoms with Crippen LogP contribution in [0.3, 0.4) is 0 Å². The van der Waals surface area contributed by atoms with E-state index in [-0.39, 0.29) is 6.10 Å². The van der Waals surface area contributed by atoms with Crippen LogP contribution in [0.1, 0.15) is 18.6 Å². The molecule has 1 unspecified atom stereocenters. The molecule has 0 fully saturated rings. The fourth-order valence-corrected chi connectivity index (χ4v) is 2.76. The Labute approximate surface area is 93.6 Å². The highest BCUT2D eigenvalue weighted by molar-refractivity contribution is 9.11. The lowest BCUT2D eigenvalue weighted by molar-refractivity contribution is -0.606. The molecule has 1 heterocycles. The van der Waals surface area contributed by atoms with Crippen molar-refractivity contribution in [2.45, 2.75) is 13.0 Å². The first kappa shape index (κ1) is 10.9. The maximum absolute atomic E-state index is 11.0. The molecular weight excluding hydrogens is 302 g/mol. The highest BCUT2D eigenvalue weighted by atomic mass is 79.9. The minimum Gasteiger partial charge on any atom is -0.619 e. The number of pyridine rings is 1. The standard InChI is InChI=1S/C8H9Br2NO2/c1-5(13-2)8-6(9)3-11(12)4-7(8)10/h3-5H,1-2H3. The van der Waals surface area contributed by atoms with Gasteiger partial charge in [-0.1, -0.05) is 0 Å². The Morgan fingerprint density at radius 3 is 2.23 bits per heavy atom. The number of ether oxygens (including phenoxy) is 1. The van der Waals surface area contributed by atoms with Gasteiger partial charge in [0.05, 0.1) is 15.0 Å². The molecule has 0 saturated heterocycles. The maximum atomic E-state index is 11.0. The van der Waals surface area contributed by atoms with Crippen molar-refractivity contribution in [3.05, 3.63) is 32.1 Å². The maximum Gasteiger partial charge on any atom is 0.195 e. The zero-order valence-corrected chi connectivity index (χ0v) is 10.4. The van der Waals surface area contributed by atoms with Crippen LogP contribution in [0.25, 0.3) is 0 Å². The number of aromatic nitrogens is 1. The topological polar surface area (TPSA) is 36.2 Å². The van der Waals surface area contributed by atoms with E-state index in [9.17, 15) is 5.21 Å². The first-order chi connectivity index (χ1) is 6.06. The molecule has 1 aromatic heterocycles. The lowest BCUT2D eigenvalue weighted by Gasteiger charge is -2.12. The molecular formula is C8H9Br2NO2. The van der Waals surface area contributed by atoms with Crippen LogP contribution >= 0.6 is 31.9 Å². The molecule has 0 spiro atoms. The van der Waals surface area contributed by atoms with Crippen molar-refractivity contribution >= 4 is 31.9 Å². The van der Waals surface area contributed by atoms with E-state index in [1.165, 1.54) is 12.4 Å². The Morgan fingerprint density at radius 2 is 1.85 bits per heavy atom. The highest BCUT2D eigenvalue weighted by Crippen LogP contribution is 2.30. The zero-order valence-electron chi connectivity index (χ0n) is 7.25. The van der Waals surface area contributed by atoms with E-state index in [2.05, 4.69) is 31.9 Å². The van der Waals surface area contributed by atoms with Crippen molar-refractivity contribution in [3.8, 4) is 0 Å². The monoisotopic (exact) mass is 309 g/mol. The van der Waals surface area contributed by atoms with Crippen LogP contribution in [0, 0.1) is 5.21 Å². The Balaban J connectivity index is 3.20. The van der Waals surface area contributed by atoms with Crippen LogP contribution in [0.15, 0.2) is 21.3 Å². The van der Waals surface area contributed by atoms with Gasteiger partial charge in [-0.2, -0.15) is 4.73 Å². The number of methoxy groups -OCH3 is 1. The first-order valence-electron chi connectivity index (χ1n) is 3.66. The molecule has 0 aliphatic rings. The lowest BCUT2D eigenvalue weighted by atomic mass is 10.2.